The first kappa shape index (κ1) is 12.0. The minimum Gasteiger partial charge on any atom is -0.378 e. The molecule has 0 aromatic heterocycles. The predicted molar refractivity (Wildman–Crippen MR) is 60.1 cm³/mol. The van der Waals surface area contributed by atoms with Crippen molar-refractivity contribution < 1.29 is 5.11 Å². The summed E-state index contributed by atoms with van der Waals surface area (Å²) in [6.07, 6.45) is 7.24. The van der Waals surface area contributed by atoms with Gasteiger partial charge >= 0.3 is 0 Å². The van der Waals surface area contributed by atoms with E-state index >= 15 is 0 Å². The third-order valence-electron chi connectivity index (χ3n) is 3.67. The second-order valence-electron chi connectivity index (χ2n) is 4.74. The van der Waals surface area contributed by atoms with Gasteiger partial charge in [0.05, 0.1) is 0 Å². The van der Waals surface area contributed by atoms with Crippen LogP contribution in [-0.4, -0.2) is 29.3 Å². The topological polar surface area (TPSA) is 23.5 Å². The Hall–Kier alpha value is -0.0800. The summed E-state index contributed by atoms with van der Waals surface area (Å²) in [6.45, 7) is 4.37. The van der Waals surface area contributed by atoms with Crippen molar-refractivity contribution in [1.82, 2.24) is 4.90 Å². The van der Waals surface area contributed by atoms with E-state index in [0.717, 1.165) is 12.3 Å². The van der Waals surface area contributed by atoms with Crippen LogP contribution in [0.25, 0.3) is 0 Å². The van der Waals surface area contributed by atoms with Gasteiger partial charge in [0.2, 0.25) is 0 Å². The number of aliphatic hydroxyl groups is 1. The summed E-state index contributed by atoms with van der Waals surface area (Å²) in [4.78, 5) is 2.18. The summed E-state index contributed by atoms with van der Waals surface area (Å²) in [6, 6.07) is 0.590. The van der Waals surface area contributed by atoms with Gasteiger partial charge in [-0.2, -0.15) is 0 Å². The zero-order chi connectivity index (χ0) is 10.6. The fraction of sp³-hybridized carbons (Fsp3) is 1.00. The van der Waals surface area contributed by atoms with Crippen molar-refractivity contribution in [2.24, 2.45) is 5.92 Å². The predicted octanol–water partition coefficient (Wildman–Crippen LogP) is 2.62. The monoisotopic (exact) mass is 199 g/mol. The lowest BCUT2D eigenvalue weighted by Gasteiger charge is -2.34. The summed E-state index contributed by atoms with van der Waals surface area (Å²) < 4.78 is 0. The van der Waals surface area contributed by atoms with Crippen molar-refractivity contribution in [2.45, 2.75) is 64.6 Å². The summed E-state index contributed by atoms with van der Waals surface area (Å²) >= 11 is 0. The van der Waals surface area contributed by atoms with Gasteiger partial charge in [-0.1, -0.05) is 33.1 Å². The molecule has 1 rings (SSSR count). The summed E-state index contributed by atoms with van der Waals surface area (Å²) in [7, 11) is 2.07. The molecule has 1 aliphatic rings. The molecule has 0 bridgehead atoms. The first-order chi connectivity index (χ1) is 6.66. The molecule has 2 nitrogen and oxygen atoms in total. The Morgan fingerprint density at radius 3 is 2.57 bits per heavy atom. The number of nitrogens with zero attached hydrogens (tertiary/aromatic N) is 1. The number of hydrogen-bond acceptors (Lipinski definition) is 2. The van der Waals surface area contributed by atoms with Crippen LogP contribution in [0.3, 0.4) is 0 Å². The molecule has 84 valence electrons. The van der Waals surface area contributed by atoms with Crippen LogP contribution in [-0.2, 0) is 0 Å². The molecule has 1 saturated carbocycles. The lowest BCUT2D eigenvalue weighted by atomic mass is 9.95. The van der Waals surface area contributed by atoms with E-state index < -0.39 is 0 Å². The van der Waals surface area contributed by atoms with Gasteiger partial charge in [-0.25, -0.2) is 0 Å². The molecule has 2 heteroatoms. The fourth-order valence-electron chi connectivity index (χ4n) is 2.59. The van der Waals surface area contributed by atoms with Gasteiger partial charge in [0.15, 0.2) is 0 Å². The molecule has 3 unspecified atom stereocenters. The molecule has 0 spiro atoms. The molecule has 0 aliphatic heterocycles. The van der Waals surface area contributed by atoms with E-state index in [4.69, 9.17) is 0 Å². The van der Waals surface area contributed by atoms with Crippen LogP contribution in [0.15, 0.2) is 0 Å². The highest BCUT2D eigenvalue weighted by molar-refractivity contribution is 4.78. The molecule has 1 N–H and O–H groups in total. The number of aliphatic hydroxyl groups excluding tert-OH is 1. The molecule has 1 aliphatic carbocycles. The van der Waals surface area contributed by atoms with E-state index in [9.17, 15) is 5.11 Å². The minimum absolute atomic E-state index is 0.249. The lowest BCUT2D eigenvalue weighted by Crippen LogP contribution is -2.43. The summed E-state index contributed by atoms with van der Waals surface area (Å²) in [5.41, 5.74) is 0. The molecule has 0 aromatic carbocycles. The first-order valence-electron chi connectivity index (χ1n) is 6.06. The SMILES string of the molecule is CCC(O)N(C)C1CCCCCC1C. The molecule has 0 amide bonds. The van der Waals surface area contributed by atoms with Crippen molar-refractivity contribution in [2.75, 3.05) is 7.05 Å². The number of rotatable bonds is 3. The molecule has 3 atom stereocenters. The van der Waals surface area contributed by atoms with Gasteiger partial charge < -0.3 is 5.11 Å². The van der Waals surface area contributed by atoms with Gasteiger partial charge in [-0.05, 0) is 32.2 Å². The minimum atomic E-state index is -0.249. The average Bonchev–Trinajstić information content (AvgIpc) is 2.40. The Bertz CT molecular complexity index is 160. The summed E-state index contributed by atoms with van der Waals surface area (Å²) in [5.74, 6) is 0.740. The van der Waals surface area contributed by atoms with Crippen molar-refractivity contribution >= 4 is 0 Å². The quantitative estimate of drug-likeness (QED) is 0.558. The molecule has 0 saturated heterocycles. The Morgan fingerprint density at radius 1 is 1.29 bits per heavy atom. The van der Waals surface area contributed by atoms with Gasteiger partial charge in [0.1, 0.15) is 6.23 Å². The zero-order valence-corrected chi connectivity index (χ0v) is 9.87. The normalized spacial score (nSPS) is 31.5. The lowest BCUT2D eigenvalue weighted by molar-refractivity contribution is -0.0243. The second kappa shape index (κ2) is 5.72. The van der Waals surface area contributed by atoms with Crippen molar-refractivity contribution in [3.05, 3.63) is 0 Å². The average molecular weight is 199 g/mol. The van der Waals surface area contributed by atoms with E-state index in [2.05, 4.69) is 18.9 Å². The van der Waals surface area contributed by atoms with Crippen LogP contribution >= 0.6 is 0 Å². The fourth-order valence-corrected chi connectivity index (χ4v) is 2.59. The second-order valence-corrected chi connectivity index (χ2v) is 4.74. The van der Waals surface area contributed by atoms with Crippen LogP contribution < -0.4 is 0 Å². The Labute approximate surface area is 88.3 Å². The van der Waals surface area contributed by atoms with Crippen LogP contribution in [0.5, 0.6) is 0 Å². The highest BCUT2D eigenvalue weighted by Crippen LogP contribution is 2.27. The van der Waals surface area contributed by atoms with Crippen LogP contribution in [0.2, 0.25) is 0 Å². The maximum absolute atomic E-state index is 9.81. The van der Waals surface area contributed by atoms with Gasteiger partial charge in [-0.15, -0.1) is 0 Å². The third-order valence-corrected chi connectivity index (χ3v) is 3.67. The molecular weight excluding hydrogens is 174 g/mol. The highest BCUT2D eigenvalue weighted by atomic mass is 16.3. The molecule has 14 heavy (non-hydrogen) atoms. The molecule has 0 radical (unpaired) electrons. The van der Waals surface area contributed by atoms with E-state index in [0.29, 0.717) is 6.04 Å². The Balaban J connectivity index is 2.53. The largest absolute Gasteiger partial charge is 0.378 e. The maximum Gasteiger partial charge on any atom is 0.107 e. The van der Waals surface area contributed by atoms with Crippen LogP contribution in [0.1, 0.15) is 52.4 Å². The first-order valence-corrected chi connectivity index (χ1v) is 6.06. The van der Waals surface area contributed by atoms with Crippen LogP contribution in [0.4, 0.5) is 0 Å². The van der Waals surface area contributed by atoms with Gasteiger partial charge in [0, 0.05) is 6.04 Å². The van der Waals surface area contributed by atoms with Crippen molar-refractivity contribution in [3.8, 4) is 0 Å². The third kappa shape index (κ3) is 2.96. The van der Waals surface area contributed by atoms with E-state index in [1.165, 1.54) is 32.1 Å². The van der Waals surface area contributed by atoms with Crippen molar-refractivity contribution in [1.29, 1.82) is 0 Å². The maximum atomic E-state index is 9.81. The Kier molecular flexibility index (Phi) is 4.90. The van der Waals surface area contributed by atoms with Gasteiger partial charge in [0.25, 0.3) is 0 Å². The zero-order valence-electron chi connectivity index (χ0n) is 9.87. The highest BCUT2D eigenvalue weighted by Gasteiger charge is 2.26. The van der Waals surface area contributed by atoms with E-state index in [-0.39, 0.29) is 6.23 Å². The molecular formula is C12H25NO. The number of hydrogen-bond donors (Lipinski definition) is 1. The van der Waals surface area contributed by atoms with Crippen molar-refractivity contribution in [3.63, 3.8) is 0 Å². The standard InChI is InChI=1S/C12H25NO/c1-4-12(14)13(3)11-9-7-5-6-8-10(11)2/h10-12,14H,4-9H2,1-3H3. The van der Waals surface area contributed by atoms with E-state index in [1.807, 2.05) is 6.92 Å². The summed E-state index contributed by atoms with van der Waals surface area (Å²) in [5, 5.41) is 9.81. The van der Waals surface area contributed by atoms with E-state index in [1.54, 1.807) is 0 Å². The molecule has 0 heterocycles. The smallest absolute Gasteiger partial charge is 0.107 e. The van der Waals surface area contributed by atoms with Crippen LogP contribution in [0, 0.1) is 5.92 Å². The van der Waals surface area contributed by atoms with Gasteiger partial charge in [-0.3, -0.25) is 4.90 Å². The Morgan fingerprint density at radius 2 is 1.93 bits per heavy atom. The molecule has 0 aromatic rings. The molecule has 1 fully saturated rings.